The first-order valence-electron chi connectivity index (χ1n) is 18.1. The number of para-hydroxylation sites is 1. The predicted octanol–water partition coefficient (Wildman–Crippen LogP) is 12.0. The third-order valence-electron chi connectivity index (χ3n) is 11.3. The number of ketones is 1. The summed E-state index contributed by atoms with van der Waals surface area (Å²) in [6, 6.07) is 22.3. The quantitative estimate of drug-likeness (QED) is 0.0515. The number of fused-ring (bicyclic) bond motifs is 6. The van der Waals surface area contributed by atoms with Crippen LogP contribution in [-0.4, -0.2) is 28.9 Å². The largest absolute Gasteiger partial charge is 0.512 e. The Balaban J connectivity index is 0.000000279. The Labute approximate surface area is 318 Å². The SMILES string of the molecule is CCC(C)(CC)C(=O)/C=C(\O)C(C)(CC)CC.Cc1cc2ccc3c(-c4[c-]ccc5c4oc4ccccc45)ncnc3c2c(C)c1[Si](C)(C)C.[Ir]. The van der Waals surface area contributed by atoms with Crippen molar-refractivity contribution in [3.8, 4) is 11.3 Å². The van der Waals surface area contributed by atoms with Gasteiger partial charge in [0, 0.05) is 53.5 Å². The summed E-state index contributed by atoms with van der Waals surface area (Å²) in [5, 5.41) is 17.3. The van der Waals surface area contributed by atoms with Gasteiger partial charge in [-0.25, -0.2) is 4.98 Å². The van der Waals surface area contributed by atoms with Gasteiger partial charge in [0.1, 0.15) is 17.7 Å². The molecule has 0 atom stereocenters. The number of hydrogen-bond acceptors (Lipinski definition) is 5. The van der Waals surface area contributed by atoms with E-state index in [1.165, 1.54) is 33.2 Å². The van der Waals surface area contributed by atoms with Gasteiger partial charge in [0.05, 0.1) is 19.2 Å². The molecule has 0 saturated heterocycles. The average Bonchev–Trinajstić information content (AvgIpc) is 3.49. The van der Waals surface area contributed by atoms with Crippen molar-refractivity contribution in [2.45, 2.75) is 101 Å². The molecular formula is C44H53IrN2O3Si-. The molecule has 0 aliphatic heterocycles. The number of furan rings is 1. The zero-order chi connectivity index (χ0) is 36.6. The van der Waals surface area contributed by atoms with Crippen LogP contribution in [0.1, 0.15) is 78.4 Å². The summed E-state index contributed by atoms with van der Waals surface area (Å²) >= 11 is 0. The van der Waals surface area contributed by atoms with E-state index in [9.17, 15) is 9.90 Å². The van der Waals surface area contributed by atoms with Crippen LogP contribution in [0, 0.1) is 30.7 Å². The molecule has 6 aromatic rings. The van der Waals surface area contributed by atoms with Crippen LogP contribution in [0.2, 0.25) is 19.6 Å². The molecule has 51 heavy (non-hydrogen) atoms. The monoisotopic (exact) mass is 878 g/mol. The molecule has 0 spiro atoms. The molecule has 1 radical (unpaired) electrons. The third-order valence-corrected chi connectivity index (χ3v) is 13.6. The number of aliphatic hydroxyl groups is 1. The second kappa shape index (κ2) is 15.5. The van der Waals surface area contributed by atoms with Gasteiger partial charge in [0.15, 0.2) is 5.78 Å². The van der Waals surface area contributed by atoms with Crippen LogP contribution in [0.4, 0.5) is 0 Å². The molecule has 271 valence electrons. The van der Waals surface area contributed by atoms with E-state index in [0.29, 0.717) is 0 Å². The topological polar surface area (TPSA) is 76.2 Å². The Morgan fingerprint density at radius 3 is 2.16 bits per heavy atom. The van der Waals surface area contributed by atoms with Gasteiger partial charge in [-0.3, -0.25) is 9.78 Å². The van der Waals surface area contributed by atoms with Crippen LogP contribution in [0.3, 0.4) is 0 Å². The molecular weight excluding hydrogens is 825 g/mol. The number of rotatable bonds is 9. The van der Waals surface area contributed by atoms with Crippen molar-refractivity contribution in [1.82, 2.24) is 9.97 Å². The maximum atomic E-state index is 12.2. The molecule has 0 amide bonds. The first-order chi connectivity index (χ1) is 23.6. The molecule has 4 aromatic carbocycles. The number of benzene rings is 4. The van der Waals surface area contributed by atoms with Crippen LogP contribution in [0.15, 0.2) is 77.2 Å². The minimum atomic E-state index is -1.52. The number of allylic oxidation sites excluding steroid dienone is 2. The Morgan fingerprint density at radius 2 is 1.53 bits per heavy atom. The van der Waals surface area contributed by atoms with Crippen molar-refractivity contribution >= 4 is 62.7 Å². The maximum Gasteiger partial charge on any atom is 0.164 e. The molecule has 0 aliphatic rings. The van der Waals surface area contributed by atoms with Gasteiger partial charge in [0.25, 0.3) is 0 Å². The minimum Gasteiger partial charge on any atom is -0.512 e. The molecule has 0 unspecified atom stereocenters. The Kier molecular flexibility index (Phi) is 12.2. The molecule has 2 heterocycles. The molecule has 0 saturated carbocycles. The summed E-state index contributed by atoms with van der Waals surface area (Å²) in [6.45, 7) is 23.8. The van der Waals surface area contributed by atoms with E-state index in [0.717, 1.165) is 69.8 Å². The summed E-state index contributed by atoms with van der Waals surface area (Å²) in [4.78, 5) is 21.7. The Morgan fingerprint density at radius 1 is 0.882 bits per heavy atom. The van der Waals surface area contributed by atoms with Crippen molar-refractivity contribution in [3.05, 3.63) is 90.0 Å². The number of hydrogen-bond donors (Lipinski definition) is 1. The van der Waals surface area contributed by atoms with Crippen molar-refractivity contribution in [2.75, 3.05) is 0 Å². The van der Waals surface area contributed by atoms with Crippen molar-refractivity contribution in [2.24, 2.45) is 10.8 Å². The molecule has 2 aromatic heterocycles. The van der Waals surface area contributed by atoms with E-state index >= 15 is 0 Å². The molecule has 7 heteroatoms. The van der Waals surface area contributed by atoms with E-state index in [-0.39, 0.29) is 42.5 Å². The first kappa shape index (κ1) is 40.1. The average molecular weight is 878 g/mol. The van der Waals surface area contributed by atoms with Crippen LogP contribution in [0.25, 0.3) is 54.9 Å². The van der Waals surface area contributed by atoms with Gasteiger partial charge in [-0.1, -0.05) is 119 Å². The van der Waals surface area contributed by atoms with Gasteiger partial charge < -0.3 is 9.52 Å². The fourth-order valence-electron chi connectivity index (χ4n) is 7.29. The second-order valence-corrected chi connectivity index (χ2v) is 20.3. The van der Waals surface area contributed by atoms with E-state index in [1.807, 2.05) is 65.8 Å². The fourth-order valence-corrected chi connectivity index (χ4v) is 9.79. The number of aromatic nitrogens is 2. The van der Waals surface area contributed by atoms with Crippen molar-refractivity contribution in [1.29, 1.82) is 0 Å². The van der Waals surface area contributed by atoms with Gasteiger partial charge in [-0.05, 0) is 61.9 Å². The normalized spacial score (nSPS) is 12.6. The van der Waals surface area contributed by atoms with E-state index in [4.69, 9.17) is 14.4 Å². The van der Waals surface area contributed by atoms with E-state index < -0.39 is 8.07 Å². The molecule has 6 rings (SSSR count). The molecule has 5 nitrogen and oxygen atoms in total. The van der Waals surface area contributed by atoms with E-state index in [1.54, 1.807) is 6.33 Å². The summed E-state index contributed by atoms with van der Waals surface area (Å²) in [6.07, 6.45) is 6.43. The van der Waals surface area contributed by atoms with Crippen LogP contribution in [0.5, 0.6) is 0 Å². The molecule has 0 bridgehead atoms. The zero-order valence-corrected chi connectivity index (χ0v) is 35.6. The van der Waals surface area contributed by atoms with E-state index in [2.05, 4.69) is 69.9 Å². The standard InChI is InChI=1S/C29H25N2OSi.C15H28O2.Ir/c1-17-15-19-13-14-22-26(30-16-31-27(22)25(19)18(2)29(17)33(3,4)5)23-11-8-10-21-20-9-6-7-12-24(20)32-28(21)23;1-7-14(5,8-2)12(16)11-13(17)15(6,9-3)10-4;/h6-10,12-16H,1-5H3;11,16H,7-10H2,1-6H3;/q-1;;/b;12-11-;. The number of nitrogens with zero attached hydrogens (tertiary/aromatic N) is 2. The van der Waals surface area contributed by atoms with Crippen LogP contribution < -0.4 is 5.19 Å². The minimum absolute atomic E-state index is 0. The molecule has 0 aliphatic carbocycles. The third kappa shape index (κ3) is 7.49. The van der Waals surface area contributed by atoms with Crippen LogP contribution >= 0.6 is 0 Å². The zero-order valence-electron chi connectivity index (χ0n) is 32.2. The van der Waals surface area contributed by atoms with Crippen LogP contribution in [-0.2, 0) is 24.9 Å². The maximum absolute atomic E-state index is 12.2. The summed E-state index contributed by atoms with van der Waals surface area (Å²) in [5.41, 5.74) is 6.57. The number of carbonyl (C=O) groups is 1. The number of aryl methyl sites for hydroxylation is 2. The van der Waals surface area contributed by atoms with Gasteiger partial charge in [0.2, 0.25) is 0 Å². The summed E-state index contributed by atoms with van der Waals surface area (Å²) < 4.78 is 6.29. The molecule has 1 N–H and O–H groups in total. The van der Waals surface area contributed by atoms with Crippen molar-refractivity contribution < 1.29 is 34.4 Å². The van der Waals surface area contributed by atoms with Gasteiger partial charge >= 0.3 is 0 Å². The Bertz CT molecular complexity index is 2240. The van der Waals surface area contributed by atoms with Gasteiger partial charge in [-0.2, -0.15) is 0 Å². The fraction of sp³-hybridized carbons (Fsp3) is 0.386. The Hall–Kier alpha value is -3.64. The number of aliphatic hydroxyl groups excluding tert-OH is 1. The summed E-state index contributed by atoms with van der Waals surface area (Å²) in [7, 11) is -1.52. The van der Waals surface area contributed by atoms with Crippen molar-refractivity contribution in [3.63, 3.8) is 0 Å². The number of carbonyl (C=O) groups excluding carboxylic acids is 1. The summed E-state index contributed by atoms with van der Waals surface area (Å²) in [5.74, 6) is 0.286. The molecule has 0 fully saturated rings. The predicted molar refractivity (Wildman–Crippen MR) is 214 cm³/mol. The second-order valence-electron chi connectivity index (χ2n) is 15.3. The van der Waals surface area contributed by atoms with Gasteiger partial charge in [-0.15, -0.1) is 18.2 Å². The first-order valence-corrected chi connectivity index (χ1v) is 21.6. The smallest absolute Gasteiger partial charge is 0.164 e.